The zero-order valence-electron chi connectivity index (χ0n) is 6.28. The number of rotatable bonds is 1. The van der Waals surface area contributed by atoms with Crippen molar-refractivity contribution in [1.82, 2.24) is 0 Å². The van der Waals surface area contributed by atoms with Crippen LogP contribution in [0.3, 0.4) is 0 Å². The monoisotopic (exact) mass is 90.1 g/mol. The predicted molar refractivity (Wildman–Crippen MR) is 31.9 cm³/mol. The molecule has 0 saturated carbocycles. The first-order valence-electron chi connectivity index (χ1n) is 3.27. The lowest BCUT2D eigenvalue weighted by molar-refractivity contribution is 0.626. The highest BCUT2D eigenvalue weighted by Gasteiger charge is 1.80. The second-order valence-corrected chi connectivity index (χ2v) is 1.80. The van der Waals surface area contributed by atoms with E-state index in [9.17, 15) is 0 Å². The molecule has 0 unspecified atom stereocenters. The summed E-state index contributed by atoms with van der Waals surface area (Å²) < 4.78 is 5.75. The molecule has 0 radical (unpaired) electrons. The second-order valence-electron chi connectivity index (χ2n) is 1.80. The SMILES string of the molecule is CCC(C)C.[3H]C. The maximum atomic E-state index is 5.75. The molecule has 40 valence electrons. The zero-order valence-corrected chi connectivity index (χ0v) is 5.28. The Labute approximate surface area is 43.0 Å². The van der Waals surface area contributed by atoms with E-state index in [1.807, 2.05) is 0 Å². The van der Waals surface area contributed by atoms with E-state index in [1.54, 1.807) is 0 Å². The Bertz CT molecular complexity index is 18.1. The summed E-state index contributed by atoms with van der Waals surface area (Å²) in [6.45, 7) is 6.64. The van der Waals surface area contributed by atoms with Crippen molar-refractivity contribution in [2.45, 2.75) is 34.6 Å². The fraction of sp³-hybridized carbons (Fsp3) is 1.00. The van der Waals surface area contributed by atoms with E-state index >= 15 is 0 Å². The van der Waals surface area contributed by atoms with E-state index in [0.29, 0.717) is 0 Å². The smallest absolute Gasteiger partial charge is 0.0194 e. The lowest BCUT2D eigenvalue weighted by atomic mass is 10.2. The van der Waals surface area contributed by atoms with Crippen LogP contribution in [0.15, 0.2) is 0 Å². The fourth-order valence-electron chi connectivity index (χ4n) is 0. The third kappa shape index (κ3) is 9.00. The van der Waals surface area contributed by atoms with Gasteiger partial charge in [0, 0.05) is 1.37 Å². The molecule has 0 nitrogen and oxygen atoms in total. The maximum absolute atomic E-state index is 5.75. The van der Waals surface area contributed by atoms with E-state index in [2.05, 4.69) is 20.8 Å². The van der Waals surface area contributed by atoms with E-state index in [0.717, 1.165) is 5.92 Å². The average Bonchev–Trinajstić information content (AvgIpc) is 1.73. The predicted octanol–water partition coefficient (Wildman–Crippen LogP) is 2.69. The van der Waals surface area contributed by atoms with Crippen molar-refractivity contribution in [2.24, 2.45) is 5.92 Å². The van der Waals surface area contributed by atoms with Gasteiger partial charge in [-0.25, -0.2) is 0 Å². The zero-order chi connectivity index (χ0) is 6.28. The molecule has 0 atom stereocenters. The van der Waals surface area contributed by atoms with Gasteiger partial charge in [-0.15, -0.1) is 0 Å². The molecule has 6 heavy (non-hydrogen) atoms. The second kappa shape index (κ2) is 5.00. The minimum Gasteiger partial charge on any atom is -0.0776 e. The Hall–Kier alpha value is 0. The van der Waals surface area contributed by atoms with Crippen LogP contribution >= 0.6 is 0 Å². The molecule has 0 N–H and O–H groups in total. The molecule has 0 spiro atoms. The van der Waals surface area contributed by atoms with Crippen LogP contribution in [0.5, 0.6) is 0 Å². The number of hydrogen-bond donors (Lipinski definition) is 0. The molecule has 0 heteroatoms. The molecule has 0 fully saturated rings. The van der Waals surface area contributed by atoms with Crippen LogP contribution in [0.4, 0.5) is 0 Å². The van der Waals surface area contributed by atoms with E-state index in [1.165, 1.54) is 13.8 Å². The van der Waals surface area contributed by atoms with Gasteiger partial charge in [-0.1, -0.05) is 34.6 Å². The van der Waals surface area contributed by atoms with Gasteiger partial charge in [0.2, 0.25) is 0 Å². The Morgan fingerprint density at radius 3 is 1.83 bits per heavy atom. The van der Waals surface area contributed by atoms with Crippen molar-refractivity contribution < 1.29 is 1.37 Å². The summed E-state index contributed by atoms with van der Waals surface area (Å²) in [4.78, 5) is 0. The first-order valence-corrected chi connectivity index (χ1v) is 2.27. The topological polar surface area (TPSA) is 0 Å². The Kier molecular flexibility index (Phi) is 5.00. The third-order valence-electron chi connectivity index (χ3n) is 0.816. The van der Waals surface area contributed by atoms with Crippen LogP contribution in [0.25, 0.3) is 0 Å². The molecule has 0 aromatic rings. The molecular weight excluding hydrogens is 72.1 g/mol. The van der Waals surface area contributed by atoms with Crippen molar-refractivity contribution in [3.63, 3.8) is 0 Å². The van der Waals surface area contributed by atoms with Crippen LogP contribution < -0.4 is 0 Å². The molecule has 0 heterocycles. The van der Waals surface area contributed by atoms with Gasteiger partial charge < -0.3 is 0 Å². The normalized spacial score (nSPS) is 9.17. The van der Waals surface area contributed by atoms with E-state index < -0.39 is 0 Å². The lowest BCUT2D eigenvalue weighted by Crippen LogP contribution is -1.77. The quantitative estimate of drug-likeness (QED) is 0.464. The van der Waals surface area contributed by atoms with Crippen molar-refractivity contribution in [3.8, 4) is 0 Å². The lowest BCUT2D eigenvalue weighted by Gasteiger charge is -1.90. The summed E-state index contributed by atoms with van der Waals surface area (Å²) in [7, 11) is 1.25. The van der Waals surface area contributed by atoms with Gasteiger partial charge in [0.25, 0.3) is 0 Å². The summed E-state index contributed by atoms with van der Waals surface area (Å²) >= 11 is 0. The van der Waals surface area contributed by atoms with Crippen molar-refractivity contribution in [2.75, 3.05) is 0 Å². The summed E-state index contributed by atoms with van der Waals surface area (Å²) in [6, 6.07) is 0. The summed E-state index contributed by atoms with van der Waals surface area (Å²) in [5, 5.41) is 0. The number of hydrogen-bond acceptors (Lipinski definition) is 0. The van der Waals surface area contributed by atoms with Gasteiger partial charge in [0.15, 0.2) is 0 Å². The first kappa shape index (κ1) is 6.00. The fourth-order valence-corrected chi connectivity index (χ4v) is 0. The Morgan fingerprint density at radius 1 is 1.67 bits per heavy atom. The van der Waals surface area contributed by atoms with Gasteiger partial charge in [0.1, 0.15) is 0 Å². The summed E-state index contributed by atoms with van der Waals surface area (Å²) in [5.41, 5.74) is 0. The van der Waals surface area contributed by atoms with Crippen LogP contribution in [0, 0.1) is 5.92 Å². The highest BCUT2D eigenvalue weighted by molar-refractivity contribution is 4.32. The average molecular weight is 90.2 g/mol. The van der Waals surface area contributed by atoms with Gasteiger partial charge in [0.05, 0.1) is 0 Å². The highest BCUT2D eigenvalue weighted by Crippen LogP contribution is 1.93. The van der Waals surface area contributed by atoms with E-state index in [4.69, 9.17) is 1.37 Å². The van der Waals surface area contributed by atoms with Gasteiger partial charge in [-0.05, 0) is 5.92 Å². The Morgan fingerprint density at radius 2 is 1.83 bits per heavy atom. The van der Waals surface area contributed by atoms with E-state index in [-0.39, 0.29) is 0 Å². The molecule has 0 rings (SSSR count). The van der Waals surface area contributed by atoms with Crippen LogP contribution in [-0.2, 0) is 0 Å². The molecular formula is C6H16. The molecule has 0 bridgehead atoms. The van der Waals surface area contributed by atoms with Gasteiger partial charge >= 0.3 is 0 Å². The Balaban J connectivity index is 0. The highest BCUT2D eigenvalue weighted by atomic mass is 13.9. The van der Waals surface area contributed by atoms with Gasteiger partial charge in [-0.2, -0.15) is 0 Å². The minimum atomic E-state index is 0.884. The molecule has 0 saturated heterocycles. The largest absolute Gasteiger partial charge is 0.0776 e. The summed E-state index contributed by atoms with van der Waals surface area (Å²) in [6.07, 6.45) is 1.31. The van der Waals surface area contributed by atoms with Crippen LogP contribution in [-0.4, -0.2) is 0 Å². The molecule has 0 aromatic carbocycles. The van der Waals surface area contributed by atoms with Crippen molar-refractivity contribution in [3.05, 3.63) is 0 Å². The van der Waals surface area contributed by atoms with Gasteiger partial charge in [-0.3, -0.25) is 0 Å². The third-order valence-corrected chi connectivity index (χ3v) is 0.816. The van der Waals surface area contributed by atoms with Crippen LogP contribution in [0.2, 0.25) is 0 Å². The summed E-state index contributed by atoms with van der Waals surface area (Å²) in [5.74, 6) is 0.884. The molecule has 0 aliphatic heterocycles. The maximum Gasteiger partial charge on any atom is 0.0194 e. The molecule has 0 amide bonds. The van der Waals surface area contributed by atoms with Crippen molar-refractivity contribution >= 4 is 0 Å². The minimum absolute atomic E-state index is 0.884. The molecule has 0 aliphatic rings. The van der Waals surface area contributed by atoms with Crippen LogP contribution in [0.1, 0.15) is 36.0 Å². The van der Waals surface area contributed by atoms with Crippen molar-refractivity contribution in [1.29, 1.82) is 0 Å². The molecule has 0 aliphatic carbocycles. The molecule has 0 aromatic heterocycles. The first-order chi connectivity index (χ1) is 3.27. The standard InChI is InChI=1S/C5H12.CH4/c1-4-5(2)3;/h5H,4H2,1-3H3;1H4/i;1T.